The van der Waals surface area contributed by atoms with E-state index >= 15 is 0 Å². The molecule has 0 aliphatic heterocycles. The summed E-state index contributed by atoms with van der Waals surface area (Å²) in [6.07, 6.45) is -11.3. The quantitative estimate of drug-likeness (QED) is 0.286. The van der Waals surface area contributed by atoms with Gasteiger partial charge in [-0.25, -0.2) is 0 Å². The Morgan fingerprint density at radius 3 is 0.963 bits per heavy atom. The Morgan fingerprint density at radius 1 is 0.556 bits per heavy atom. The van der Waals surface area contributed by atoms with Crippen LogP contribution in [-0.4, -0.2) is 12.4 Å². The van der Waals surface area contributed by atoms with Gasteiger partial charge in [-0.15, -0.1) is 0 Å². The van der Waals surface area contributed by atoms with E-state index in [9.17, 15) is 26.3 Å². The lowest BCUT2D eigenvalue weighted by molar-refractivity contribution is -0.288. The van der Waals surface area contributed by atoms with Crippen LogP contribution in [0.1, 0.15) is 22.3 Å². The van der Waals surface area contributed by atoms with Gasteiger partial charge in [0.15, 0.2) is 0 Å². The fourth-order valence-corrected chi connectivity index (χ4v) is 5.08. The van der Waals surface area contributed by atoms with Gasteiger partial charge < -0.3 is 0 Å². The summed E-state index contributed by atoms with van der Waals surface area (Å²) < 4.78 is 85.7. The molecule has 0 spiro atoms. The fraction of sp³-hybridized carbons (Fsp3) is 0.294. The summed E-state index contributed by atoms with van der Waals surface area (Å²) in [5.74, 6) is 0. The van der Waals surface area contributed by atoms with E-state index in [1.165, 1.54) is 0 Å². The lowest BCUT2D eigenvalue weighted by Gasteiger charge is -2.39. The molecule has 0 atom stereocenters. The highest BCUT2D eigenvalue weighted by Crippen LogP contribution is 2.57. The van der Waals surface area contributed by atoms with E-state index in [1.54, 1.807) is 13.8 Å². The van der Waals surface area contributed by atoms with Crippen LogP contribution in [-0.2, 0) is 5.41 Å². The zero-order valence-electron chi connectivity index (χ0n) is 13.6. The minimum atomic E-state index is -5.65. The Labute approximate surface area is 185 Å². The fourth-order valence-electron chi connectivity index (χ4n) is 2.71. The normalized spacial score (nSPS) is 13.2. The van der Waals surface area contributed by atoms with Crippen molar-refractivity contribution in [3.05, 3.63) is 64.4 Å². The molecule has 0 N–H and O–H groups in total. The standard InChI is InChI=1S/C17H10Br4F6/c1-7-11(18)3-9(4-12(7)19)15(16(22,23)24,17(25,26)27)10-5-13(20)8(2)14(21)6-10/h3-6H,1-2H3. The Bertz CT molecular complexity index is 766. The van der Waals surface area contributed by atoms with Crippen molar-refractivity contribution in [3.8, 4) is 0 Å². The van der Waals surface area contributed by atoms with Crippen molar-refractivity contribution in [3.63, 3.8) is 0 Å². The zero-order chi connectivity index (χ0) is 20.9. The van der Waals surface area contributed by atoms with Gasteiger partial charge in [0, 0.05) is 17.9 Å². The maximum atomic E-state index is 14.2. The Kier molecular flexibility index (Phi) is 6.58. The molecule has 10 heteroatoms. The molecule has 0 heterocycles. The summed E-state index contributed by atoms with van der Waals surface area (Å²) in [5, 5.41) is 0. The summed E-state index contributed by atoms with van der Waals surface area (Å²) in [6.45, 7) is 3.14. The van der Waals surface area contributed by atoms with Crippen molar-refractivity contribution < 1.29 is 26.3 Å². The molecule has 2 aromatic rings. The molecule has 0 saturated carbocycles. The molecule has 0 unspecified atom stereocenters. The third kappa shape index (κ3) is 3.88. The number of halogens is 10. The van der Waals surface area contributed by atoms with Crippen LogP contribution in [0.4, 0.5) is 26.3 Å². The van der Waals surface area contributed by atoms with E-state index in [1.807, 2.05) is 0 Å². The van der Waals surface area contributed by atoms with Crippen LogP contribution in [0.2, 0.25) is 0 Å². The van der Waals surface area contributed by atoms with E-state index in [0.717, 1.165) is 24.3 Å². The van der Waals surface area contributed by atoms with Crippen LogP contribution < -0.4 is 0 Å². The molecule has 0 aromatic heterocycles. The molecule has 0 saturated heterocycles. The highest BCUT2D eigenvalue weighted by atomic mass is 79.9. The van der Waals surface area contributed by atoms with Gasteiger partial charge in [0.25, 0.3) is 0 Å². The smallest absolute Gasteiger partial charge is 0.169 e. The molecule has 0 radical (unpaired) electrons. The first kappa shape index (κ1) is 23.2. The average Bonchev–Trinajstić information content (AvgIpc) is 2.47. The van der Waals surface area contributed by atoms with E-state index in [2.05, 4.69) is 63.7 Å². The highest BCUT2D eigenvalue weighted by molar-refractivity contribution is 9.11. The second-order valence-corrected chi connectivity index (χ2v) is 9.29. The summed E-state index contributed by atoms with van der Waals surface area (Å²) in [7, 11) is 0. The Hall–Kier alpha value is -0.0600. The van der Waals surface area contributed by atoms with Crippen LogP contribution in [0.25, 0.3) is 0 Å². The van der Waals surface area contributed by atoms with Gasteiger partial charge in [-0.1, -0.05) is 63.7 Å². The SMILES string of the molecule is Cc1c(Br)cc(C(c2cc(Br)c(C)c(Br)c2)(C(F)(F)F)C(F)(F)F)cc1Br. The van der Waals surface area contributed by atoms with Gasteiger partial charge >= 0.3 is 12.4 Å². The van der Waals surface area contributed by atoms with Crippen molar-refractivity contribution in [2.45, 2.75) is 31.6 Å². The maximum absolute atomic E-state index is 14.2. The maximum Gasteiger partial charge on any atom is 0.411 e. The van der Waals surface area contributed by atoms with Crippen molar-refractivity contribution in [1.82, 2.24) is 0 Å². The molecule has 0 aliphatic rings. The molecule has 0 nitrogen and oxygen atoms in total. The summed E-state index contributed by atoms with van der Waals surface area (Å²) >= 11 is 12.2. The molecule has 2 rings (SSSR count). The molecule has 0 amide bonds. The summed E-state index contributed by atoms with van der Waals surface area (Å²) in [6, 6.07) is 3.46. The monoisotopic (exact) mass is 644 g/mol. The van der Waals surface area contributed by atoms with Crippen molar-refractivity contribution in [2.24, 2.45) is 0 Å². The van der Waals surface area contributed by atoms with Crippen molar-refractivity contribution >= 4 is 63.7 Å². The van der Waals surface area contributed by atoms with Crippen LogP contribution in [0, 0.1) is 13.8 Å². The van der Waals surface area contributed by atoms with Crippen LogP contribution >= 0.6 is 63.7 Å². The summed E-state index contributed by atoms with van der Waals surface area (Å²) in [4.78, 5) is 0. The minimum absolute atomic E-state index is 0.134. The number of rotatable bonds is 2. The number of hydrogen-bond acceptors (Lipinski definition) is 0. The molecule has 0 aliphatic carbocycles. The third-order valence-electron chi connectivity index (χ3n) is 4.28. The van der Waals surface area contributed by atoms with E-state index in [-0.39, 0.29) is 17.9 Å². The van der Waals surface area contributed by atoms with Gasteiger partial charge in [0.05, 0.1) is 0 Å². The molecule has 148 valence electrons. The lowest BCUT2D eigenvalue weighted by atomic mass is 9.72. The zero-order valence-corrected chi connectivity index (χ0v) is 19.9. The van der Waals surface area contributed by atoms with Gasteiger partial charge in [0.2, 0.25) is 5.41 Å². The number of alkyl halides is 6. The van der Waals surface area contributed by atoms with Crippen molar-refractivity contribution in [2.75, 3.05) is 0 Å². The second-order valence-electron chi connectivity index (χ2n) is 5.88. The van der Waals surface area contributed by atoms with E-state index in [4.69, 9.17) is 0 Å². The molecule has 2 aromatic carbocycles. The molecular formula is C17H10Br4F6. The van der Waals surface area contributed by atoms with Crippen LogP contribution in [0.15, 0.2) is 42.2 Å². The first-order valence-electron chi connectivity index (χ1n) is 7.20. The van der Waals surface area contributed by atoms with E-state index < -0.39 is 28.9 Å². The van der Waals surface area contributed by atoms with Gasteiger partial charge in [-0.05, 0) is 60.4 Å². The van der Waals surface area contributed by atoms with Gasteiger partial charge in [0.1, 0.15) is 0 Å². The topological polar surface area (TPSA) is 0 Å². The van der Waals surface area contributed by atoms with Crippen LogP contribution in [0.3, 0.4) is 0 Å². The van der Waals surface area contributed by atoms with Gasteiger partial charge in [-0.2, -0.15) is 26.3 Å². The second kappa shape index (κ2) is 7.65. The van der Waals surface area contributed by atoms with Crippen LogP contribution in [0.5, 0.6) is 0 Å². The molecule has 27 heavy (non-hydrogen) atoms. The summed E-state index contributed by atoms with van der Waals surface area (Å²) in [5.41, 5.74) is -5.10. The first-order valence-corrected chi connectivity index (χ1v) is 10.4. The number of hydrogen-bond donors (Lipinski definition) is 0. The predicted octanol–water partition coefficient (Wildman–Crippen LogP) is 8.76. The molecule has 0 fully saturated rings. The van der Waals surface area contributed by atoms with E-state index in [0.29, 0.717) is 11.1 Å². The minimum Gasteiger partial charge on any atom is -0.169 e. The predicted molar refractivity (Wildman–Crippen MR) is 106 cm³/mol. The van der Waals surface area contributed by atoms with Gasteiger partial charge in [-0.3, -0.25) is 0 Å². The third-order valence-corrected chi connectivity index (χ3v) is 7.57. The highest BCUT2D eigenvalue weighted by Gasteiger charge is 2.72. The Morgan fingerprint density at radius 2 is 0.778 bits per heavy atom. The largest absolute Gasteiger partial charge is 0.411 e. The Balaban J connectivity index is 3.06. The average molecular weight is 648 g/mol. The molecular weight excluding hydrogens is 638 g/mol. The number of benzene rings is 2. The lowest BCUT2D eigenvalue weighted by Crippen LogP contribution is -2.54. The van der Waals surface area contributed by atoms with Crippen molar-refractivity contribution in [1.29, 1.82) is 0 Å². The first-order chi connectivity index (χ1) is 12.1. The molecule has 0 bridgehead atoms.